The fourth-order valence-electron chi connectivity index (χ4n) is 8.26. The van der Waals surface area contributed by atoms with E-state index in [0.29, 0.717) is 22.7 Å². The summed E-state index contributed by atoms with van der Waals surface area (Å²) in [5, 5.41) is 3.51. The molecule has 10 rings (SSSR count). The lowest BCUT2D eigenvalue weighted by Gasteiger charge is -2.20. The number of para-hydroxylation sites is 4. The molecule has 10 aromatic rings. The van der Waals surface area contributed by atoms with Gasteiger partial charge >= 0.3 is 0 Å². The molecule has 0 unspecified atom stereocenters. The van der Waals surface area contributed by atoms with E-state index >= 15 is 0 Å². The Bertz CT molecular complexity index is 3540. The SMILES string of the molecule is [2H]c1c([2H])c([2H])c(-c2cccc(-c3cccc([Si](C)(C)C)c3)c2-[n+]2[c-]n(-c3cccc(Oc4ccc5c6ccccc6n(-c6cc(C(C)(C)C)ccn6)c5c4)c3)c3ccccc32)c([2H])c1[2H]. The van der Waals surface area contributed by atoms with Crippen molar-refractivity contribution < 1.29 is 16.2 Å². The molecule has 0 aliphatic carbocycles. The van der Waals surface area contributed by atoms with Gasteiger partial charge in [0.1, 0.15) is 17.3 Å². The minimum Gasteiger partial charge on any atom is -0.458 e. The van der Waals surface area contributed by atoms with E-state index in [4.69, 9.17) is 16.6 Å². The minimum atomic E-state index is -1.74. The third-order valence-electron chi connectivity index (χ3n) is 11.4. The van der Waals surface area contributed by atoms with Gasteiger partial charge in [0.25, 0.3) is 6.33 Å². The highest BCUT2D eigenvalue weighted by Gasteiger charge is 2.23. The zero-order valence-electron chi connectivity index (χ0n) is 40.1. The summed E-state index contributed by atoms with van der Waals surface area (Å²) in [4.78, 5) is 4.85. The van der Waals surface area contributed by atoms with Gasteiger partial charge in [-0.2, -0.15) is 0 Å². The molecule has 0 saturated heterocycles. The number of aromatic nitrogens is 4. The molecule has 0 atom stereocenters. The minimum absolute atomic E-state index is 0.0488. The Morgan fingerprint density at radius 1 is 0.639 bits per heavy atom. The molecule has 3 heterocycles. The standard InChI is InChI=1S/C55H48N4OSi/c1-55(2,3)40-31-32-56-53(34-40)59-49-26-11-10-23-47(49)48-30-29-43(36-52(48)59)60-42-21-15-20-41(35-42)57-37-58(51-28-13-12-27-50(51)57)54-45(38-17-8-7-9-18-38)24-16-25-46(54)39-19-14-22-44(33-39)61(4,5)6/h7-36H,1-6H3/i7D,8D,9D,17D,18D. The van der Waals surface area contributed by atoms with Gasteiger partial charge in [0.2, 0.25) is 0 Å². The summed E-state index contributed by atoms with van der Waals surface area (Å²) in [7, 11) is -1.74. The van der Waals surface area contributed by atoms with E-state index in [1.807, 2.05) is 88.1 Å². The Morgan fingerprint density at radius 3 is 2.15 bits per heavy atom. The summed E-state index contributed by atoms with van der Waals surface area (Å²) in [6, 6.07) is 47.3. The predicted molar refractivity (Wildman–Crippen MR) is 255 cm³/mol. The summed E-state index contributed by atoms with van der Waals surface area (Å²) in [5.41, 5.74) is 8.73. The maximum absolute atomic E-state index is 9.09. The van der Waals surface area contributed by atoms with Crippen LogP contribution in [0.1, 0.15) is 33.2 Å². The zero-order valence-corrected chi connectivity index (χ0v) is 36.1. The van der Waals surface area contributed by atoms with Crippen LogP contribution in [-0.2, 0) is 5.41 Å². The zero-order chi connectivity index (χ0) is 46.2. The summed E-state index contributed by atoms with van der Waals surface area (Å²) in [6.45, 7) is 13.6. The van der Waals surface area contributed by atoms with Gasteiger partial charge in [0.15, 0.2) is 0 Å². The lowest BCUT2D eigenvalue weighted by atomic mass is 9.88. The normalized spacial score (nSPS) is 13.2. The topological polar surface area (TPSA) is 35.9 Å². The van der Waals surface area contributed by atoms with Crippen molar-refractivity contribution in [3.05, 3.63) is 194 Å². The lowest BCUT2D eigenvalue weighted by Crippen LogP contribution is -2.37. The van der Waals surface area contributed by atoms with Gasteiger partial charge in [-0.25, -0.2) is 4.98 Å². The van der Waals surface area contributed by atoms with Crippen molar-refractivity contribution in [3.63, 3.8) is 0 Å². The van der Waals surface area contributed by atoms with E-state index in [-0.39, 0.29) is 35.1 Å². The molecule has 0 aliphatic rings. The van der Waals surface area contributed by atoms with Crippen LogP contribution in [0.15, 0.2) is 182 Å². The molecule has 0 amide bonds. The Balaban J connectivity index is 1.13. The number of hydrogen-bond donors (Lipinski definition) is 0. The molecule has 0 radical (unpaired) electrons. The molecule has 0 spiro atoms. The first-order valence-electron chi connectivity index (χ1n) is 23.1. The number of rotatable bonds is 8. The van der Waals surface area contributed by atoms with Crippen LogP contribution in [0.25, 0.3) is 72.3 Å². The molecule has 0 fully saturated rings. The quantitative estimate of drug-likeness (QED) is 0.0870. The molecule has 298 valence electrons. The molecule has 0 bridgehead atoms. The Morgan fingerprint density at radius 2 is 1.34 bits per heavy atom. The van der Waals surface area contributed by atoms with Gasteiger partial charge in [-0.05, 0) is 81.8 Å². The summed E-state index contributed by atoms with van der Waals surface area (Å²) in [6.07, 6.45) is 5.54. The highest BCUT2D eigenvalue weighted by molar-refractivity contribution is 6.88. The van der Waals surface area contributed by atoms with Crippen molar-refractivity contribution in [2.24, 2.45) is 0 Å². The summed E-state index contributed by atoms with van der Waals surface area (Å²) in [5.74, 6) is 2.14. The number of benzene rings is 7. The monoisotopic (exact) mass is 813 g/mol. The number of imidazole rings is 1. The van der Waals surface area contributed by atoms with Gasteiger partial charge in [-0.3, -0.25) is 13.7 Å². The summed E-state index contributed by atoms with van der Waals surface area (Å²) < 4.78 is 56.7. The fraction of sp³-hybridized carbons (Fsp3) is 0.127. The maximum Gasteiger partial charge on any atom is 0.269 e. The molecule has 0 saturated carbocycles. The van der Waals surface area contributed by atoms with E-state index in [1.54, 1.807) is 0 Å². The van der Waals surface area contributed by atoms with Crippen molar-refractivity contribution in [1.29, 1.82) is 0 Å². The highest BCUT2D eigenvalue weighted by Crippen LogP contribution is 2.37. The molecular weight excluding hydrogens is 761 g/mol. The first-order chi connectivity index (χ1) is 31.6. The Hall–Kier alpha value is -7.02. The first-order valence-corrected chi connectivity index (χ1v) is 24.1. The van der Waals surface area contributed by atoms with Crippen molar-refractivity contribution >= 4 is 46.1 Å². The molecule has 0 N–H and O–H groups in total. The van der Waals surface area contributed by atoms with Gasteiger partial charge in [0, 0.05) is 23.0 Å². The molecule has 0 aliphatic heterocycles. The van der Waals surface area contributed by atoms with Crippen molar-refractivity contribution in [1.82, 2.24) is 14.1 Å². The second-order valence-corrected chi connectivity index (χ2v) is 22.7. The van der Waals surface area contributed by atoms with Crippen LogP contribution in [0.2, 0.25) is 19.6 Å². The molecule has 5 nitrogen and oxygen atoms in total. The number of hydrogen-bond acceptors (Lipinski definition) is 2. The van der Waals surface area contributed by atoms with E-state index in [1.165, 1.54) is 10.8 Å². The van der Waals surface area contributed by atoms with Crippen molar-refractivity contribution in [2.45, 2.75) is 45.8 Å². The summed E-state index contributed by atoms with van der Waals surface area (Å²) >= 11 is 0. The second-order valence-electron chi connectivity index (χ2n) is 17.6. The van der Waals surface area contributed by atoms with Crippen molar-refractivity contribution in [2.75, 3.05) is 0 Å². The number of nitrogens with zero attached hydrogens (tertiary/aromatic N) is 4. The molecular formula is C55H48N4OSi. The van der Waals surface area contributed by atoms with E-state index in [2.05, 4.69) is 124 Å². The van der Waals surface area contributed by atoms with Crippen LogP contribution in [0.5, 0.6) is 11.5 Å². The van der Waals surface area contributed by atoms with Gasteiger partial charge in [-0.1, -0.05) is 167 Å². The maximum atomic E-state index is 9.09. The molecule has 3 aromatic heterocycles. The van der Waals surface area contributed by atoms with Crippen LogP contribution in [-0.4, -0.2) is 22.2 Å². The second kappa shape index (κ2) is 14.9. The van der Waals surface area contributed by atoms with E-state index in [0.717, 1.165) is 55.5 Å². The van der Waals surface area contributed by atoms with E-state index in [9.17, 15) is 0 Å². The van der Waals surface area contributed by atoms with Gasteiger partial charge < -0.3 is 4.74 Å². The van der Waals surface area contributed by atoms with Crippen molar-refractivity contribution in [3.8, 4) is 50.9 Å². The average Bonchev–Trinajstić information content (AvgIpc) is 3.86. The number of ether oxygens (including phenoxy) is 1. The number of fused-ring (bicyclic) bond motifs is 4. The molecule has 61 heavy (non-hydrogen) atoms. The van der Waals surface area contributed by atoms with Gasteiger partial charge in [0.05, 0.1) is 48.4 Å². The Labute approximate surface area is 365 Å². The van der Waals surface area contributed by atoms with Crippen LogP contribution >= 0.6 is 0 Å². The lowest BCUT2D eigenvalue weighted by molar-refractivity contribution is -0.571. The van der Waals surface area contributed by atoms with Gasteiger partial charge in [-0.15, -0.1) is 0 Å². The molecule has 7 aromatic carbocycles. The van der Waals surface area contributed by atoms with Crippen LogP contribution < -0.4 is 14.5 Å². The smallest absolute Gasteiger partial charge is 0.269 e. The molecule has 6 heteroatoms. The van der Waals surface area contributed by atoms with Crippen LogP contribution in [0.3, 0.4) is 0 Å². The van der Waals surface area contributed by atoms with E-state index < -0.39 is 14.1 Å². The third kappa shape index (κ3) is 7.03. The fourth-order valence-corrected chi connectivity index (χ4v) is 9.45. The largest absolute Gasteiger partial charge is 0.458 e. The Kier molecular flexibility index (Phi) is 8.01. The highest BCUT2D eigenvalue weighted by atomic mass is 28.3. The van der Waals surface area contributed by atoms with Crippen LogP contribution in [0, 0.1) is 6.33 Å². The first kappa shape index (κ1) is 32.8. The predicted octanol–water partition coefficient (Wildman–Crippen LogP) is 13.2. The third-order valence-corrected chi connectivity index (χ3v) is 13.5. The number of pyridine rings is 1. The van der Waals surface area contributed by atoms with Crippen LogP contribution in [0.4, 0.5) is 0 Å². The average molecular weight is 814 g/mol.